The number of nitrogens with zero attached hydrogens (tertiary/aromatic N) is 2. The Morgan fingerprint density at radius 1 is 0.564 bits per heavy atom. The van der Waals surface area contributed by atoms with E-state index >= 15 is 0 Å². The molecule has 0 aliphatic carbocycles. The van der Waals surface area contributed by atoms with Crippen molar-refractivity contribution in [1.82, 2.24) is 0 Å². The van der Waals surface area contributed by atoms with E-state index in [1.54, 1.807) is 34.1 Å². The maximum Gasteiger partial charge on any atom is 0.329 e. The Bertz CT molecular complexity index is 1340. The number of benzene rings is 4. The van der Waals surface area contributed by atoms with Crippen LogP contribution in [0.15, 0.2) is 109 Å². The summed E-state index contributed by atoms with van der Waals surface area (Å²) in [7, 11) is 0. The number of hydrogen-bond acceptors (Lipinski definition) is 4. The van der Waals surface area contributed by atoms with Crippen molar-refractivity contribution < 1.29 is 20.1 Å². The van der Waals surface area contributed by atoms with Crippen molar-refractivity contribution in [2.45, 2.75) is 50.7 Å². The Balaban J connectivity index is 1.57. The number of aryl methyl sites for hydroxylation is 1. The molecule has 0 spiro atoms. The van der Waals surface area contributed by atoms with Crippen molar-refractivity contribution in [2.24, 2.45) is 0 Å². The molecule has 4 aromatic carbocycles. The minimum absolute atomic E-state index is 0.0865. The number of aliphatic hydroxyl groups excluding tert-OH is 3. The van der Waals surface area contributed by atoms with Crippen LogP contribution in [0.4, 0.5) is 16.2 Å². The van der Waals surface area contributed by atoms with Gasteiger partial charge in [0.1, 0.15) is 0 Å². The van der Waals surface area contributed by atoms with Crippen LogP contribution in [0, 0.1) is 0 Å². The monoisotopic (exact) mass is 522 g/mol. The lowest BCUT2D eigenvalue weighted by molar-refractivity contribution is 0.0958. The molecule has 200 valence electrons. The minimum atomic E-state index is -0.846. The van der Waals surface area contributed by atoms with Crippen LogP contribution in [0.2, 0.25) is 0 Å². The van der Waals surface area contributed by atoms with Gasteiger partial charge in [-0.05, 0) is 65.8 Å². The van der Waals surface area contributed by atoms with Crippen LogP contribution in [0.3, 0.4) is 0 Å². The second-order valence-corrected chi connectivity index (χ2v) is 10.0. The van der Waals surface area contributed by atoms with E-state index in [4.69, 9.17) is 0 Å². The number of amides is 2. The molecule has 1 saturated heterocycles. The summed E-state index contributed by atoms with van der Waals surface area (Å²) < 4.78 is 0. The Labute approximate surface area is 229 Å². The van der Waals surface area contributed by atoms with Gasteiger partial charge in [0, 0.05) is 11.4 Å². The first-order chi connectivity index (χ1) is 19.1. The Hall–Kier alpha value is -3.97. The molecule has 0 unspecified atom stereocenters. The zero-order chi connectivity index (χ0) is 27.2. The zero-order valence-electron chi connectivity index (χ0n) is 21.8. The van der Waals surface area contributed by atoms with E-state index in [-0.39, 0.29) is 19.2 Å². The van der Waals surface area contributed by atoms with Gasteiger partial charge in [-0.3, -0.25) is 9.80 Å². The van der Waals surface area contributed by atoms with E-state index in [0.29, 0.717) is 30.6 Å². The highest BCUT2D eigenvalue weighted by atomic mass is 16.3. The molecule has 6 heteroatoms. The van der Waals surface area contributed by atoms with Gasteiger partial charge in [-0.2, -0.15) is 0 Å². The van der Waals surface area contributed by atoms with Crippen molar-refractivity contribution in [3.63, 3.8) is 0 Å². The summed E-state index contributed by atoms with van der Waals surface area (Å²) in [5, 5.41) is 31.1. The first-order valence-electron chi connectivity index (χ1n) is 13.4. The summed E-state index contributed by atoms with van der Waals surface area (Å²) in [6.45, 7) is -0.175. The molecule has 0 bridgehead atoms. The van der Waals surface area contributed by atoms with Crippen molar-refractivity contribution in [1.29, 1.82) is 0 Å². The third-order valence-corrected chi connectivity index (χ3v) is 7.52. The van der Waals surface area contributed by atoms with Gasteiger partial charge in [0.05, 0.1) is 31.4 Å². The van der Waals surface area contributed by atoms with Gasteiger partial charge >= 0.3 is 6.03 Å². The van der Waals surface area contributed by atoms with Crippen LogP contribution in [-0.4, -0.2) is 39.5 Å². The summed E-state index contributed by atoms with van der Waals surface area (Å²) in [5.41, 5.74) is 5.02. The number of carbonyl (C=O) groups excluding carboxylic acids is 1. The maximum atomic E-state index is 14.4. The van der Waals surface area contributed by atoms with Crippen LogP contribution < -0.4 is 9.80 Å². The van der Waals surface area contributed by atoms with Gasteiger partial charge in [0.2, 0.25) is 0 Å². The third kappa shape index (κ3) is 5.88. The summed E-state index contributed by atoms with van der Waals surface area (Å²) >= 11 is 0. The van der Waals surface area contributed by atoms with Gasteiger partial charge in [-0.25, -0.2) is 4.79 Å². The molecule has 4 aromatic rings. The number of hydrogen-bond donors (Lipinski definition) is 3. The van der Waals surface area contributed by atoms with E-state index in [1.165, 1.54) is 0 Å². The minimum Gasteiger partial charge on any atom is -0.392 e. The molecule has 3 N–H and O–H groups in total. The number of carbonyl (C=O) groups is 1. The lowest BCUT2D eigenvalue weighted by atomic mass is 9.87. The second-order valence-electron chi connectivity index (χ2n) is 10.0. The molecule has 39 heavy (non-hydrogen) atoms. The maximum absolute atomic E-state index is 14.4. The number of urea groups is 1. The number of aliphatic hydroxyl groups is 3. The Morgan fingerprint density at radius 3 is 1.51 bits per heavy atom. The second kappa shape index (κ2) is 12.3. The number of rotatable bonds is 9. The van der Waals surface area contributed by atoms with Gasteiger partial charge in [0.25, 0.3) is 0 Å². The van der Waals surface area contributed by atoms with Gasteiger partial charge in [-0.1, -0.05) is 84.9 Å². The third-order valence-electron chi connectivity index (χ3n) is 7.52. The van der Waals surface area contributed by atoms with E-state index in [0.717, 1.165) is 22.3 Å². The molecule has 5 rings (SSSR count). The van der Waals surface area contributed by atoms with E-state index in [1.807, 2.05) is 72.8 Å². The fourth-order valence-electron chi connectivity index (χ4n) is 5.42. The van der Waals surface area contributed by atoms with Crippen molar-refractivity contribution >= 4 is 17.4 Å². The fraction of sp³-hybridized carbons (Fsp3) is 0.242. The molecule has 1 heterocycles. The zero-order valence-corrected chi connectivity index (χ0v) is 21.8. The van der Waals surface area contributed by atoms with E-state index in [2.05, 4.69) is 12.1 Å². The molecule has 1 fully saturated rings. The van der Waals surface area contributed by atoms with E-state index < -0.39 is 18.2 Å². The standard InChI is InChI=1S/C33H34N2O4/c36-22-26-11-16-28(17-12-26)34-30(20-15-24-7-3-1-4-8-24)32(38)31(21-25-9-5-2-6-10-25)35(33(34)39)29-18-13-27(23-37)14-19-29/h1-14,16-19,30-32,36-38H,15,20-23H2/t30-,31-,32-/m1/s1. The Morgan fingerprint density at radius 2 is 1.03 bits per heavy atom. The number of anilines is 2. The van der Waals surface area contributed by atoms with E-state index in [9.17, 15) is 20.1 Å². The summed E-state index contributed by atoms with van der Waals surface area (Å²) in [6, 6.07) is 33.4. The molecule has 2 amide bonds. The van der Waals surface area contributed by atoms with Gasteiger partial charge < -0.3 is 15.3 Å². The van der Waals surface area contributed by atoms with Crippen LogP contribution >= 0.6 is 0 Å². The fourth-order valence-corrected chi connectivity index (χ4v) is 5.42. The molecular weight excluding hydrogens is 488 g/mol. The highest BCUT2D eigenvalue weighted by molar-refractivity contribution is 6.05. The summed E-state index contributed by atoms with van der Waals surface area (Å²) in [5.74, 6) is 0. The van der Waals surface area contributed by atoms with Crippen molar-refractivity contribution in [2.75, 3.05) is 9.80 Å². The topological polar surface area (TPSA) is 84.2 Å². The van der Waals surface area contributed by atoms with Crippen molar-refractivity contribution in [3.8, 4) is 0 Å². The molecule has 0 saturated carbocycles. The SMILES string of the molecule is O=C1N(c2ccc(CO)cc2)[C@H](CCc2ccccc2)[C@@H](O)[C@@H](Cc2ccccc2)N1c1ccc(CO)cc1. The summed E-state index contributed by atoms with van der Waals surface area (Å²) in [4.78, 5) is 17.8. The normalized spacial score (nSPS) is 19.4. The molecule has 1 aliphatic heterocycles. The lowest BCUT2D eigenvalue weighted by Gasteiger charge is -2.49. The highest BCUT2D eigenvalue weighted by Gasteiger charge is 2.47. The molecule has 3 atom stereocenters. The molecule has 6 nitrogen and oxygen atoms in total. The highest BCUT2D eigenvalue weighted by Crippen LogP contribution is 2.35. The largest absolute Gasteiger partial charge is 0.392 e. The Kier molecular flexibility index (Phi) is 8.37. The molecular formula is C33H34N2O4. The summed E-state index contributed by atoms with van der Waals surface area (Å²) in [6.07, 6.45) is 0.946. The first kappa shape index (κ1) is 26.6. The molecule has 0 radical (unpaired) electrons. The smallest absolute Gasteiger partial charge is 0.329 e. The predicted octanol–water partition coefficient (Wildman–Crippen LogP) is 5.09. The van der Waals surface area contributed by atoms with Gasteiger partial charge in [-0.15, -0.1) is 0 Å². The van der Waals surface area contributed by atoms with Gasteiger partial charge in [0.15, 0.2) is 0 Å². The predicted molar refractivity (Wildman–Crippen MR) is 154 cm³/mol. The average Bonchev–Trinajstić information content (AvgIpc) is 2.99. The quantitative estimate of drug-likeness (QED) is 0.286. The molecule has 1 aliphatic rings. The first-order valence-corrected chi connectivity index (χ1v) is 13.4. The van der Waals surface area contributed by atoms with Crippen molar-refractivity contribution in [3.05, 3.63) is 131 Å². The average molecular weight is 523 g/mol. The van der Waals surface area contributed by atoms with Crippen LogP contribution in [0.5, 0.6) is 0 Å². The van der Waals surface area contributed by atoms with Crippen LogP contribution in [0.25, 0.3) is 0 Å². The van der Waals surface area contributed by atoms with Crippen LogP contribution in [0.1, 0.15) is 28.7 Å². The lowest BCUT2D eigenvalue weighted by Crippen LogP contribution is -2.67. The van der Waals surface area contributed by atoms with Crippen LogP contribution in [-0.2, 0) is 26.1 Å². The molecule has 0 aromatic heterocycles.